The van der Waals surface area contributed by atoms with Crippen molar-refractivity contribution in [1.29, 1.82) is 0 Å². The van der Waals surface area contributed by atoms with Crippen LogP contribution in [-0.4, -0.2) is 61.4 Å². The average Bonchev–Trinajstić information content (AvgIpc) is 2.77. The van der Waals surface area contributed by atoms with Gasteiger partial charge in [0.25, 0.3) is 11.8 Å². The number of carbonyl (C=O) groups excluding carboxylic acids is 3. The summed E-state index contributed by atoms with van der Waals surface area (Å²) in [7, 11) is 3.32. The Morgan fingerprint density at radius 2 is 1.77 bits per heavy atom. The number of hydrogen-bond acceptors (Lipinski definition) is 4. The normalized spacial score (nSPS) is 13.5. The molecule has 118 valence electrons. The van der Waals surface area contributed by atoms with Crippen LogP contribution < -0.4 is 0 Å². The van der Waals surface area contributed by atoms with Crippen molar-refractivity contribution in [3.05, 3.63) is 35.4 Å². The van der Waals surface area contributed by atoms with Gasteiger partial charge in [0, 0.05) is 40.3 Å². The van der Waals surface area contributed by atoms with Gasteiger partial charge in [-0.05, 0) is 18.6 Å². The molecule has 22 heavy (non-hydrogen) atoms. The van der Waals surface area contributed by atoms with E-state index in [9.17, 15) is 14.4 Å². The number of amides is 3. The highest BCUT2D eigenvalue weighted by Gasteiger charge is 2.35. The van der Waals surface area contributed by atoms with E-state index in [0.29, 0.717) is 24.3 Å². The Bertz CT molecular complexity index is 550. The molecule has 0 saturated carbocycles. The molecule has 0 saturated heterocycles. The van der Waals surface area contributed by atoms with E-state index >= 15 is 0 Å². The first-order valence-corrected chi connectivity index (χ1v) is 7.24. The molecule has 1 aromatic carbocycles. The molecule has 1 aliphatic rings. The van der Waals surface area contributed by atoms with Gasteiger partial charge in [-0.3, -0.25) is 19.3 Å². The van der Waals surface area contributed by atoms with Crippen LogP contribution in [0.2, 0.25) is 0 Å². The minimum atomic E-state index is -0.324. The number of ether oxygens (including phenoxy) is 1. The maximum absolute atomic E-state index is 12.2. The Labute approximate surface area is 129 Å². The second kappa shape index (κ2) is 7.17. The number of nitrogens with zero attached hydrogens (tertiary/aromatic N) is 2. The van der Waals surface area contributed by atoms with Crippen LogP contribution in [0, 0.1) is 0 Å². The number of methoxy groups -OCH3 is 1. The lowest BCUT2D eigenvalue weighted by atomic mass is 10.1. The highest BCUT2D eigenvalue weighted by atomic mass is 16.5. The third-order valence-electron chi connectivity index (χ3n) is 3.70. The van der Waals surface area contributed by atoms with Crippen molar-refractivity contribution in [3.63, 3.8) is 0 Å². The Hall–Kier alpha value is -2.21. The largest absolute Gasteiger partial charge is 0.385 e. The maximum atomic E-state index is 12.2. The molecule has 0 N–H and O–H groups in total. The van der Waals surface area contributed by atoms with Crippen LogP contribution in [0.15, 0.2) is 24.3 Å². The standard InChI is InChI=1S/C16H20N2O4/c1-17(9-5-11-22-2)14(19)8-10-18-15(20)12-6-3-4-7-13(12)16(18)21/h3-4,6-7H,5,8-11H2,1-2H3. The SMILES string of the molecule is COCCCN(C)C(=O)CCN1C(=O)c2ccccc2C1=O. The van der Waals surface area contributed by atoms with E-state index in [2.05, 4.69) is 0 Å². The highest BCUT2D eigenvalue weighted by molar-refractivity contribution is 6.21. The van der Waals surface area contributed by atoms with E-state index in [1.54, 1.807) is 43.3 Å². The van der Waals surface area contributed by atoms with Crippen LogP contribution in [-0.2, 0) is 9.53 Å². The molecule has 6 heteroatoms. The summed E-state index contributed by atoms with van der Waals surface area (Å²) in [5.74, 6) is -0.737. The van der Waals surface area contributed by atoms with Crippen LogP contribution >= 0.6 is 0 Å². The molecule has 3 amide bonds. The fraction of sp³-hybridized carbons (Fsp3) is 0.438. The predicted molar refractivity (Wildman–Crippen MR) is 80.6 cm³/mol. The number of hydrogen-bond donors (Lipinski definition) is 0. The molecular weight excluding hydrogens is 284 g/mol. The van der Waals surface area contributed by atoms with Crippen molar-refractivity contribution < 1.29 is 19.1 Å². The molecule has 2 rings (SSSR count). The minimum Gasteiger partial charge on any atom is -0.385 e. The molecule has 0 bridgehead atoms. The summed E-state index contributed by atoms with van der Waals surface area (Å²) in [4.78, 5) is 39.1. The Morgan fingerprint density at radius 1 is 1.18 bits per heavy atom. The van der Waals surface area contributed by atoms with Crippen molar-refractivity contribution in [2.24, 2.45) is 0 Å². The molecular formula is C16H20N2O4. The summed E-state index contributed by atoms with van der Waals surface area (Å²) >= 11 is 0. The first-order chi connectivity index (χ1) is 10.6. The van der Waals surface area contributed by atoms with E-state index < -0.39 is 0 Å². The lowest BCUT2D eigenvalue weighted by molar-refractivity contribution is -0.130. The summed E-state index contributed by atoms with van der Waals surface area (Å²) in [6.07, 6.45) is 0.890. The monoisotopic (exact) mass is 304 g/mol. The molecule has 6 nitrogen and oxygen atoms in total. The van der Waals surface area contributed by atoms with E-state index in [4.69, 9.17) is 4.74 Å². The van der Waals surface area contributed by atoms with Crippen LogP contribution in [0.25, 0.3) is 0 Å². The minimum absolute atomic E-state index is 0.0901. The van der Waals surface area contributed by atoms with Crippen molar-refractivity contribution >= 4 is 17.7 Å². The van der Waals surface area contributed by atoms with Gasteiger partial charge >= 0.3 is 0 Å². The number of benzene rings is 1. The number of imide groups is 1. The maximum Gasteiger partial charge on any atom is 0.261 e. The van der Waals surface area contributed by atoms with Gasteiger partial charge in [-0.25, -0.2) is 0 Å². The molecule has 0 atom stereocenters. The molecule has 1 aromatic rings. The number of fused-ring (bicyclic) bond motifs is 1. The Kier molecular flexibility index (Phi) is 5.27. The smallest absolute Gasteiger partial charge is 0.261 e. The third-order valence-corrected chi connectivity index (χ3v) is 3.70. The van der Waals surface area contributed by atoms with Crippen LogP contribution in [0.3, 0.4) is 0 Å². The highest BCUT2D eigenvalue weighted by Crippen LogP contribution is 2.22. The van der Waals surface area contributed by atoms with Crippen molar-refractivity contribution in [1.82, 2.24) is 9.80 Å². The first kappa shape index (κ1) is 16.2. The van der Waals surface area contributed by atoms with Gasteiger partial charge in [0.2, 0.25) is 5.91 Å². The van der Waals surface area contributed by atoms with E-state index in [0.717, 1.165) is 11.3 Å². The summed E-state index contributed by atoms with van der Waals surface area (Å²) in [5.41, 5.74) is 0.821. The van der Waals surface area contributed by atoms with E-state index in [1.807, 2.05) is 0 Å². The van der Waals surface area contributed by atoms with Crippen LogP contribution in [0.1, 0.15) is 33.6 Å². The Balaban J connectivity index is 1.89. The van der Waals surface area contributed by atoms with Crippen molar-refractivity contribution in [3.8, 4) is 0 Å². The van der Waals surface area contributed by atoms with Crippen molar-refractivity contribution in [2.45, 2.75) is 12.8 Å². The van der Waals surface area contributed by atoms with E-state index in [-0.39, 0.29) is 30.7 Å². The summed E-state index contributed by atoms with van der Waals surface area (Å²) in [6, 6.07) is 6.72. The van der Waals surface area contributed by atoms with Gasteiger partial charge in [-0.1, -0.05) is 12.1 Å². The molecule has 0 radical (unpaired) electrons. The topological polar surface area (TPSA) is 66.9 Å². The molecule has 0 fully saturated rings. The van der Waals surface area contributed by atoms with Gasteiger partial charge in [-0.2, -0.15) is 0 Å². The lowest BCUT2D eigenvalue weighted by Gasteiger charge is -2.19. The summed E-state index contributed by atoms with van der Waals surface area (Å²) in [6.45, 7) is 1.30. The van der Waals surface area contributed by atoms with Crippen LogP contribution in [0.5, 0.6) is 0 Å². The zero-order chi connectivity index (χ0) is 16.1. The summed E-state index contributed by atoms with van der Waals surface area (Å²) in [5, 5.41) is 0. The average molecular weight is 304 g/mol. The fourth-order valence-corrected chi connectivity index (χ4v) is 2.41. The van der Waals surface area contributed by atoms with Gasteiger partial charge < -0.3 is 9.64 Å². The molecule has 0 aliphatic carbocycles. The zero-order valence-corrected chi connectivity index (χ0v) is 12.9. The first-order valence-electron chi connectivity index (χ1n) is 7.24. The van der Waals surface area contributed by atoms with Gasteiger partial charge in [0.05, 0.1) is 11.1 Å². The molecule has 0 unspecified atom stereocenters. The van der Waals surface area contributed by atoms with Gasteiger partial charge in [-0.15, -0.1) is 0 Å². The van der Waals surface area contributed by atoms with Gasteiger partial charge in [0.15, 0.2) is 0 Å². The fourth-order valence-electron chi connectivity index (χ4n) is 2.41. The predicted octanol–water partition coefficient (Wildman–Crippen LogP) is 1.17. The third kappa shape index (κ3) is 3.33. The Morgan fingerprint density at radius 3 is 2.32 bits per heavy atom. The quantitative estimate of drug-likeness (QED) is 0.560. The number of rotatable bonds is 7. The molecule has 1 aliphatic heterocycles. The van der Waals surface area contributed by atoms with Crippen molar-refractivity contribution in [2.75, 3.05) is 33.9 Å². The second-order valence-corrected chi connectivity index (χ2v) is 5.22. The molecule has 0 aromatic heterocycles. The molecule has 0 spiro atoms. The van der Waals surface area contributed by atoms with Gasteiger partial charge in [0.1, 0.15) is 0 Å². The lowest BCUT2D eigenvalue weighted by Crippen LogP contribution is -2.35. The second-order valence-electron chi connectivity index (χ2n) is 5.22. The number of carbonyl (C=O) groups is 3. The van der Waals surface area contributed by atoms with Crippen LogP contribution in [0.4, 0.5) is 0 Å². The summed E-state index contributed by atoms with van der Waals surface area (Å²) < 4.78 is 4.94. The zero-order valence-electron chi connectivity index (χ0n) is 12.9. The molecule has 1 heterocycles. The van der Waals surface area contributed by atoms with E-state index in [1.165, 1.54) is 0 Å².